The maximum absolute atomic E-state index is 12.5. The monoisotopic (exact) mass is 328 g/mol. The predicted octanol–water partition coefficient (Wildman–Crippen LogP) is 1.70. The number of nitrogens with one attached hydrogen (secondary N) is 2. The zero-order chi connectivity index (χ0) is 17.5. The summed E-state index contributed by atoms with van der Waals surface area (Å²) in [5.74, 6) is -1.00. The molecule has 132 valence electrons. The third kappa shape index (κ3) is 3.95. The standard InChI is InChI=1S/C16H28N2O5/c1-7-17-12(19)16-9-10(18-13(20)22-14(2,3)4)8-11(16)21-15(5,6)23-16/h10-11H,7-9H2,1-6H3,(H,17,19)(H,18,20)/t10-,11-,16+/m1/s1. The lowest BCUT2D eigenvalue weighted by Gasteiger charge is -2.28. The van der Waals surface area contributed by atoms with E-state index in [-0.39, 0.29) is 18.1 Å². The Labute approximate surface area is 137 Å². The number of ether oxygens (including phenoxy) is 3. The third-order valence-electron chi connectivity index (χ3n) is 3.86. The molecule has 2 aliphatic rings. The zero-order valence-electron chi connectivity index (χ0n) is 14.8. The van der Waals surface area contributed by atoms with Crippen LogP contribution in [-0.2, 0) is 19.0 Å². The number of rotatable bonds is 3. The van der Waals surface area contributed by atoms with Crippen molar-refractivity contribution in [3.63, 3.8) is 0 Å². The fourth-order valence-corrected chi connectivity index (χ4v) is 3.27. The van der Waals surface area contributed by atoms with Gasteiger partial charge in [0.2, 0.25) is 0 Å². The average molecular weight is 328 g/mol. The van der Waals surface area contributed by atoms with Gasteiger partial charge in [-0.2, -0.15) is 0 Å². The molecule has 0 bridgehead atoms. The molecule has 1 saturated carbocycles. The molecular formula is C16H28N2O5. The van der Waals surface area contributed by atoms with Gasteiger partial charge in [-0.15, -0.1) is 0 Å². The van der Waals surface area contributed by atoms with Gasteiger partial charge in [-0.1, -0.05) is 0 Å². The van der Waals surface area contributed by atoms with Crippen molar-refractivity contribution in [3.8, 4) is 0 Å². The molecule has 1 aliphatic heterocycles. The summed E-state index contributed by atoms with van der Waals surface area (Å²) < 4.78 is 17.1. The van der Waals surface area contributed by atoms with E-state index in [9.17, 15) is 9.59 Å². The molecule has 23 heavy (non-hydrogen) atoms. The first-order valence-corrected chi connectivity index (χ1v) is 8.13. The lowest BCUT2D eigenvalue weighted by Crippen LogP contribution is -2.52. The Kier molecular flexibility index (Phi) is 4.65. The molecular weight excluding hydrogens is 300 g/mol. The van der Waals surface area contributed by atoms with Crippen LogP contribution >= 0.6 is 0 Å². The summed E-state index contributed by atoms with van der Waals surface area (Å²) in [5, 5.41) is 5.62. The highest BCUT2D eigenvalue weighted by atomic mass is 16.8. The molecule has 1 aliphatic carbocycles. The van der Waals surface area contributed by atoms with Crippen molar-refractivity contribution < 1.29 is 23.8 Å². The first kappa shape index (κ1) is 18.0. The summed E-state index contributed by atoms with van der Waals surface area (Å²) in [6.07, 6.45) is 0.00294. The number of carbonyl (C=O) groups excluding carboxylic acids is 2. The summed E-state index contributed by atoms with van der Waals surface area (Å²) in [4.78, 5) is 24.5. The van der Waals surface area contributed by atoms with Crippen LogP contribution in [-0.4, -0.2) is 47.7 Å². The number of alkyl carbamates (subject to hydrolysis) is 1. The van der Waals surface area contributed by atoms with E-state index in [1.807, 2.05) is 6.92 Å². The van der Waals surface area contributed by atoms with Crippen LogP contribution in [0.2, 0.25) is 0 Å². The lowest BCUT2D eigenvalue weighted by atomic mass is 9.98. The van der Waals surface area contributed by atoms with E-state index in [1.54, 1.807) is 34.6 Å². The molecule has 0 unspecified atom stereocenters. The molecule has 2 amide bonds. The SMILES string of the molecule is CCNC(=O)[C@]12C[C@H](NC(=O)OC(C)(C)C)C[C@H]1OC(C)(C)O2. The van der Waals surface area contributed by atoms with Gasteiger partial charge in [0.1, 0.15) is 11.7 Å². The van der Waals surface area contributed by atoms with E-state index in [2.05, 4.69) is 10.6 Å². The van der Waals surface area contributed by atoms with Gasteiger partial charge in [-0.25, -0.2) is 4.79 Å². The molecule has 2 N–H and O–H groups in total. The van der Waals surface area contributed by atoms with Crippen molar-refractivity contribution in [2.45, 2.75) is 83.5 Å². The summed E-state index contributed by atoms with van der Waals surface area (Å²) >= 11 is 0. The first-order valence-electron chi connectivity index (χ1n) is 8.13. The van der Waals surface area contributed by atoms with Crippen LogP contribution in [0.15, 0.2) is 0 Å². The van der Waals surface area contributed by atoms with Crippen LogP contribution in [0.1, 0.15) is 54.4 Å². The molecule has 0 aromatic carbocycles. The highest BCUT2D eigenvalue weighted by Crippen LogP contribution is 2.46. The maximum Gasteiger partial charge on any atom is 0.407 e. The Bertz CT molecular complexity index is 485. The fourth-order valence-electron chi connectivity index (χ4n) is 3.27. The minimum atomic E-state index is -1.06. The van der Waals surface area contributed by atoms with Crippen LogP contribution in [0, 0.1) is 0 Å². The second-order valence-electron chi connectivity index (χ2n) is 7.64. The molecule has 0 aromatic heterocycles. The Hall–Kier alpha value is -1.34. The Balaban J connectivity index is 2.07. The Morgan fingerprint density at radius 2 is 1.96 bits per heavy atom. The molecule has 0 spiro atoms. The van der Waals surface area contributed by atoms with Crippen LogP contribution in [0.5, 0.6) is 0 Å². The van der Waals surface area contributed by atoms with Gasteiger partial charge in [-0.3, -0.25) is 4.79 Å². The summed E-state index contributed by atoms with van der Waals surface area (Å²) in [7, 11) is 0. The molecule has 2 fully saturated rings. The van der Waals surface area contributed by atoms with Crippen molar-refractivity contribution >= 4 is 12.0 Å². The van der Waals surface area contributed by atoms with Gasteiger partial charge in [-0.05, 0) is 48.0 Å². The summed E-state index contributed by atoms with van der Waals surface area (Å²) in [6, 6.07) is -0.228. The first-order chi connectivity index (χ1) is 10.5. The van der Waals surface area contributed by atoms with E-state index >= 15 is 0 Å². The van der Waals surface area contributed by atoms with Crippen molar-refractivity contribution in [1.82, 2.24) is 10.6 Å². The van der Waals surface area contributed by atoms with Crippen molar-refractivity contribution in [2.75, 3.05) is 6.54 Å². The minimum Gasteiger partial charge on any atom is -0.444 e. The summed E-state index contributed by atoms with van der Waals surface area (Å²) in [5.41, 5.74) is -1.62. The van der Waals surface area contributed by atoms with E-state index in [0.717, 1.165) is 0 Å². The smallest absolute Gasteiger partial charge is 0.407 e. The lowest BCUT2D eigenvalue weighted by molar-refractivity contribution is -0.178. The minimum absolute atomic E-state index is 0.191. The number of hydrogen-bond donors (Lipinski definition) is 2. The van der Waals surface area contributed by atoms with Crippen molar-refractivity contribution in [2.24, 2.45) is 0 Å². The average Bonchev–Trinajstić information content (AvgIpc) is 2.75. The largest absolute Gasteiger partial charge is 0.444 e. The van der Waals surface area contributed by atoms with Crippen LogP contribution < -0.4 is 10.6 Å². The Morgan fingerprint density at radius 3 is 2.52 bits per heavy atom. The number of likely N-dealkylation sites (N-methyl/N-ethyl adjacent to an activating group) is 1. The molecule has 3 atom stereocenters. The molecule has 2 rings (SSSR count). The molecule has 7 heteroatoms. The van der Waals surface area contributed by atoms with Gasteiger partial charge >= 0.3 is 6.09 Å². The molecule has 1 heterocycles. The van der Waals surface area contributed by atoms with Gasteiger partial charge in [0.05, 0.1) is 0 Å². The molecule has 7 nitrogen and oxygen atoms in total. The number of hydrogen-bond acceptors (Lipinski definition) is 5. The predicted molar refractivity (Wildman–Crippen MR) is 83.8 cm³/mol. The number of fused-ring (bicyclic) bond motifs is 1. The van der Waals surface area contributed by atoms with Crippen LogP contribution in [0.4, 0.5) is 4.79 Å². The topological polar surface area (TPSA) is 85.9 Å². The third-order valence-corrected chi connectivity index (χ3v) is 3.86. The second-order valence-corrected chi connectivity index (χ2v) is 7.64. The van der Waals surface area contributed by atoms with E-state index < -0.39 is 23.1 Å². The van der Waals surface area contributed by atoms with Gasteiger partial charge < -0.3 is 24.8 Å². The zero-order valence-corrected chi connectivity index (χ0v) is 14.8. The van der Waals surface area contributed by atoms with Crippen molar-refractivity contribution in [1.29, 1.82) is 0 Å². The molecule has 0 aromatic rings. The Morgan fingerprint density at radius 1 is 1.30 bits per heavy atom. The second kappa shape index (κ2) is 5.94. The maximum atomic E-state index is 12.5. The van der Waals surface area contributed by atoms with E-state index in [1.165, 1.54) is 0 Å². The number of amides is 2. The quantitative estimate of drug-likeness (QED) is 0.823. The highest BCUT2D eigenvalue weighted by Gasteiger charge is 2.63. The van der Waals surface area contributed by atoms with Gasteiger partial charge in [0.15, 0.2) is 11.4 Å². The van der Waals surface area contributed by atoms with Gasteiger partial charge in [0.25, 0.3) is 5.91 Å². The van der Waals surface area contributed by atoms with Crippen molar-refractivity contribution in [3.05, 3.63) is 0 Å². The van der Waals surface area contributed by atoms with E-state index in [4.69, 9.17) is 14.2 Å². The van der Waals surface area contributed by atoms with Gasteiger partial charge in [0, 0.05) is 19.0 Å². The van der Waals surface area contributed by atoms with Crippen LogP contribution in [0.3, 0.4) is 0 Å². The van der Waals surface area contributed by atoms with E-state index in [0.29, 0.717) is 19.4 Å². The molecule has 0 radical (unpaired) electrons. The highest BCUT2D eigenvalue weighted by molar-refractivity contribution is 5.87. The number of carbonyl (C=O) groups is 2. The normalized spacial score (nSPS) is 32.3. The summed E-state index contributed by atoms with van der Waals surface area (Å²) in [6.45, 7) is 11.4. The van der Waals surface area contributed by atoms with Crippen LogP contribution in [0.25, 0.3) is 0 Å². The molecule has 1 saturated heterocycles. The fraction of sp³-hybridized carbons (Fsp3) is 0.875.